The number of halogens is 1. The highest BCUT2D eigenvalue weighted by Gasteiger charge is 2.22. The lowest BCUT2D eigenvalue weighted by Gasteiger charge is -2.19. The van der Waals surface area contributed by atoms with Crippen LogP contribution in [0.3, 0.4) is 0 Å². The Bertz CT molecular complexity index is 412. The van der Waals surface area contributed by atoms with Crippen LogP contribution < -0.4 is 5.73 Å². The number of anilines is 1. The Morgan fingerprint density at radius 1 is 1.43 bits per heavy atom. The van der Waals surface area contributed by atoms with Gasteiger partial charge in [0, 0.05) is 17.7 Å². The van der Waals surface area contributed by atoms with Gasteiger partial charge in [-0.3, -0.25) is 4.79 Å². The summed E-state index contributed by atoms with van der Waals surface area (Å²) in [5, 5.41) is 0. The van der Waals surface area contributed by atoms with Crippen molar-refractivity contribution in [3.05, 3.63) is 27.2 Å². The molecular formula is C11H12BrNO. The third-order valence-electron chi connectivity index (χ3n) is 2.73. The van der Waals surface area contributed by atoms with E-state index < -0.39 is 0 Å². The van der Waals surface area contributed by atoms with Crippen molar-refractivity contribution in [1.82, 2.24) is 0 Å². The Labute approximate surface area is 91.6 Å². The third kappa shape index (κ3) is 1.36. The maximum Gasteiger partial charge on any atom is 0.164 e. The van der Waals surface area contributed by atoms with Crippen LogP contribution >= 0.6 is 15.9 Å². The fraction of sp³-hybridized carbons (Fsp3) is 0.364. The predicted octanol–water partition coefficient (Wildman–Crippen LogP) is 2.86. The van der Waals surface area contributed by atoms with Crippen molar-refractivity contribution in [2.24, 2.45) is 0 Å². The second-order valence-corrected chi connectivity index (χ2v) is 4.52. The topological polar surface area (TPSA) is 43.1 Å². The molecule has 2 N–H and O–H groups in total. The first kappa shape index (κ1) is 9.71. The van der Waals surface area contributed by atoms with Crippen LogP contribution in [0.2, 0.25) is 0 Å². The van der Waals surface area contributed by atoms with Crippen LogP contribution in [0, 0.1) is 6.92 Å². The molecule has 2 nitrogen and oxygen atoms in total. The molecule has 1 aliphatic carbocycles. The van der Waals surface area contributed by atoms with Crippen LogP contribution in [-0.4, -0.2) is 5.78 Å². The molecule has 74 valence electrons. The number of carbonyl (C=O) groups is 1. The summed E-state index contributed by atoms with van der Waals surface area (Å²) in [5.41, 5.74) is 9.59. The van der Waals surface area contributed by atoms with Gasteiger partial charge < -0.3 is 5.73 Å². The molecule has 0 aliphatic heterocycles. The number of hydrogen-bond acceptors (Lipinski definition) is 2. The largest absolute Gasteiger partial charge is 0.398 e. The Morgan fingerprint density at radius 2 is 2.14 bits per heavy atom. The molecule has 0 unspecified atom stereocenters. The fourth-order valence-corrected chi connectivity index (χ4v) is 2.60. The van der Waals surface area contributed by atoms with E-state index in [2.05, 4.69) is 15.9 Å². The number of nitrogen functional groups attached to an aromatic ring is 1. The van der Waals surface area contributed by atoms with Crippen LogP contribution in [0.5, 0.6) is 0 Å². The first-order valence-electron chi connectivity index (χ1n) is 4.72. The minimum absolute atomic E-state index is 0.216. The van der Waals surface area contributed by atoms with E-state index in [0.717, 1.165) is 28.4 Å². The molecule has 0 radical (unpaired) electrons. The Kier molecular flexibility index (Phi) is 2.35. The van der Waals surface area contributed by atoms with Crippen LogP contribution in [0.15, 0.2) is 10.5 Å². The van der Waals surface area contributed by atoms with Gasteiger partial charge in [0.15, 0.2) is 5.78 Å². The summed E-state index contributed by atoms with van der Waals surface area (Å²) in [7, 11) is 0. The van der Waals surface area contributed by atoms with Crippen LogP contribution in [0.25, 0.3) is 0 Å². The lowest BCUT2D eigenvalue weighted by atomic mass is 9.87. The second-order valence-electron chi connectivity index (χ2n) is 3.73. The number of fused-ring (bicyclic) bond motifs is 1. The van der Waals surface area contributed by atoms with Gasteiger partial charge in [0.2, 0.25) is 0 Å². The van der Waals surface area contributed by atoms with E-state index in [1.165, 1.54) is 5.56 Å². The minimum atomic E-state index is 0.216. The zero-order valence-corrected chi connectivity index (χ0v) is 9.65. The van der Waals surface area contributed by atoms with Crippen LogP contribution in [-0.2, 0) is 6.42 Å². The standard InChI is InChI=1S/C11H12BrNO/c1-6-5-8(13)11(12)10-7(6)3-2-4-9(10)14/h5H,2-4,13H2,1H3. The number of carbonyl (C=O) groups excluding carboxylic acids is 1. The van der Waals surface area contributed by atoms with E-state index >= 15 is 0 Å². The quantitative estimate of drug-likeness (QED) is 0.723. The number of aryl methyl sites for hydroxylation is 1. The monoisotopic (exact) mass is 253 g/mol. The van der Waals surface area contributed by atoms with E-state index in [0.29, 0.717) is 12.1 Å². The lowest BCUT2D eigenvalue weighted by Crippen LogP contribution is -2.14. The number of rotatable bonds is 0. The summed E-state index contributed by atoms with van der Waals surface area (Å²) in [6.07, 6.45) is 2.60. The molecule has 0 atom stereocenters. The molecule has 0 saturated heterocycles. The fourth-order valence-electron chi connectivity index (χ4n) is 2.02. The van der Waals surface area contributed by atoms with Gasteiger partial charge in [-0.2, -0.15) is 0 Å². The number of benzene rings is 1. The van der Waals surface area contributed by atoms with Crippen molar-refractivity contribution in [1.29, 1.82) is 0 Å². The van der Waals surface area contributed by atoms with E-state index in [4.69, 9.17) is 5.73 Å². The van der Waals surface area contributed by atoms with Crippen molar-refractivity contribution in [3.63, 3.8) is 0 Å². The summed E-state index contributed by atoms with van der Waals surface area (Å²) in [6.45, 7) is 2.01. The van der Waals surface area contributed by atoms with Gasteiger partial charge in [-0.1, -0.05) is 0 Å². The number of hydrogen-bond donors (Lipinski definition) is 1. The highest BCUT2D eigenvalue weighted by Crippen LogP contribution is 2.34. The number of Topliss-reactive ketones (excluding diaryl/α,β-unsaturated/α-hetero) is 1. The van der Waals surface area contributed by atoms with E-state index in [-0.39, 0.29) is 5.78 Å². The molecule has 1 aromatic rings. The van der Waals surface area contributed by atoms with Gasteiger partial charge in [-0.05, 0) is 52.9 Å². The minimum Gasteiger partial charge on any atom is -0.398 e. The van der Waals surface area contributed by atoms with Crippen LogP contribution in [0.4, 0.5) is 5.69 Å². The predicted molar refractivity (Wildman–Crippen MR) is 60.6 cm³/mol. The summed E-state index contributed by atoms with van der Waals surface area (Å²) in [4.78, 5) is 11.7. The number of nitrogens with two attached hydrogens (primary N) is 1. The van der Waals surface area contributed by atoms with E-state index in [9.17, 15) is 4.79 Å². The molecular weight excluding hydrogens is 242 g/mol. The third-order valence-corrected chi connectivity index (χ3v) is 3.59. The zero-order chi connectivity index (χ0) is 10.3. The van der Waals surface area contributed by atoms with Crippen molar-refractivity contribution >= 4 is 27.4 Å². The normalized spacial score (nSPS) is 15.4. The summed E-state index contributed by atoms with van der Waals surface area (Å²) in [6, 6.07) is 1.93. The smallest absolute Gasteiger partial charge is 0.164 e. The average Bonchev–Trinajstić information content (AvgIpc) is 2.14. The molecule has 0 heterocycles. The van der Waals surface area contributed by atoms with Gasteiger partial charge in [-0.25, -0.2) is 0 Å². The van der Waals surface area contributed by atoms with Crippen LogP contribution in [0.1, 0.15) is 34.3 Å². The van der Waals surface area contributed by atoms with Crippen molar-refractivity contribution in [3.8, 4) is 0 Å². The Morgan fingerprint density at radius 3 is 2.86 bits per heavy atom. The summed E-state index contributed by atoms with van der Waals surface area (Å²) < 4.78 is 0.780. The van der Waals surface area contributed by atoms with E-state index in [1.54, 1.807) is 0 Å². The van der Waals surface area contributed by atoms with Crippen molar-refractivity contribution < 1.29 is 4.79 Å². The van der Waals surface area contributed by atoms with Gasteiger partial charge in [0.1, 0.15) is 0 Å². The molecule has 0 amide bonds. The maximum absolute atomic E-state index is 11.7. The molecule has 0 saturated carbocycles. The second kappa shape index (κ2) is 3.39. The molecule has 2 rings (SSSR count). The SMILES string of the molecule is Cc1cc(N)c(Br)c2c1CCCC2=O. The number of ketones is 1. The van der Waals surface area contributed by atoms with Crippen molar-refractivity contribution in [2.75, 3.05) is 5.73 Å². The molecule has 0 spiro atoms. The first-order chi connectivity index (χ1) is 6.61. The molecule has 0 bridgehead atoms. The zero-order valence-electron chi connectivity index (χ0n) is 8.06. The first-order valence-corrected chi connectivity index (χ1v) is 5.51. The van der Waals surface area contributed by atoms with Gasteiger partial charge in [-0.15, -0.1) is 0 Å². The lowest BCUT2D eigenvalue weighted by molar-refractivity contribution is 0.0971. The summed E-state index contributed by atoms with van der Waals surface area (Å²) >= 11 is 3.39. The molecule has 14 heavy (non-hydrogen) atoms. The van der Waals surface area contributed by atoms with Crippen molar-refractivity contribution in [2.45, 2.75) is 26.2 Å². The van der Waals surface area contributed by atoms with Gasteiger partial charge in [0.25, 0.3) is 0 Å². The molecule has 1 aliphatic rings. The molecule has 3 heteroatoms. The molecule has 0 aromatic heterocycles. The highest BCUT2D eigenvalue weighted by molar-refractivity contribution is 9.10. The average molecular weight is 254 g/mol. The van der Waals surface area contributed by atoms with Gasteiger partial charge >= 0.3 is 0 Å². The van der Waals surface area contributed by atoms with Gasteiger partial charge in [0.05, 0.1) is 4.47 Å². The maximum atomic E-state index is 11.7. The van der Waals surface area contributed by atoms with E-state index in [1.807, 2.05) is 13.0 Å². The molecule has 0 fully saturated rings. The Hall–Kier alpha value is -0.830. The highest BCUT2D eigenvalue weighted by atomic mass is 79.9. The Balaban J connectivity index is 2.73. The summed E-state index contributed by atoms with van der Waals surface area (Å²) in [5.74, 6) is 0.216. The molecule has 1 aromatic carbocycles.